The number of carboxylic acids is 1. The van der Waals surface area contributed by atoms with Crippen LogP contribution in [0.5, 0.6) is 0 Å². The van der Waals surface area contributed by atoms with Gasteiger partial charge in [-0.3, -0.25) is 19.2 Å². The SMILES string of the molecule is C=CCOC[C@H]1CCCN1.C=CCOC[C@H]1CCCN1C(=O)[C@H](O)[C@H](O)C(=O)OC.C=CCOC[C@H]1CCCN1C(=O)[C@H](OCC=C)[C@H](O)C(=O)OC.CC(C)(C)OC(=O)N1CCC[C@@H]1CO.COC(=O)[C@@H]1OC(C)(C)O[C@H]1C(=O)O.COC(=O)[C@H](O)[C@H]1OC/C=C\COC[C@H]2CCCN2C1=O.COC(=O)[C@H](O)[C@H]1OCCCCOC[C@H]2CCCN2C1=O. The van der Waals surface area contributed by atoms with E-state index in [-0.39, 0.29) is 62.0 Å². The lowest BCUT2D eigenvalue weighted by molar-refractivity contribution is -0.170. The van der Waals surface area contributed by atoms with E-state index in [1.165, 1.54) is 44.8 Å². The molecule has 9 aliphatic rings. The smallest absolute Gasteiger partial charge is 0.410 e. The number of nitrogens with one attached hydrogen (secondary N) is 1. The lowest BCUT2D eigenvalue weighted by Gasteiger charge is -2.29. The van der Waals surface area contributed by atoms with Crippen LogP contribution in [0, 0.1) is 0 Å². The van der Waals surface area contributed by atoms with Gasteiger partial charge < -0.3 is 141 Å². The molecule has 40 heteroatoms. The summed E-state index contributed by atoms with van der Waals surface area (Å²) in [5, 5.41) is 70.4. The van der Waals surface area contributed by atoms with Crippen LogP contribution < -0.4 is 5.32 Å². The van der Waals surface area contributed by atoms with Crippen molar-refractivity contribution in [1.29, 1.82) is 0 Å². The fourth-order valence-electron chi connectivity index (χ4n) is 13.9. The Bertz CT molecular complexity index is 3280. The van der Waals surface area contributed by atoms with Gasteiger partial charge in [-0.25, -0.2) is 33.6 Å². The van der Waals surface area contributed by atoms with Gasteiger partial charge >= 0.3 is 41.9 Å². The maximum atomic E-state index is 12.7. The highest BCUT2D eigenvalue weighted by Gasteiger charge is 2.51. The summed E-state index contributed by atoms with van der Waals surface area (Å²) in [4.78, 5) is 137. The Labute approximate surface area is 720 Å². The second-order valence-electron chi connectivity index (χ2n) is 30.8. The molecular formula is C83H136N6O34. The van der Waals surface area contributed by atoms with E-state index in [1.807, 2.05) is 20.8 Å². The monoisotopic (exact) mass is 1760 g/mol. The molecule has 40 nitrogen and oxygen atoms in total. The molecule has 123 heavy (non-hydrogen) atoms. The molecule has 0 saturated carbocycles. The number of carbonyl (C=O) groups excluding carboxylic acids is 10. The third-order valence-corrected chi connectivity index (χ3v) is 20.1. The highest BCUT2D eigenvalue weighted by molar-refractivity contribution is 5.91. The van der Waals surface area contributed by atoms with Gasteiger partial charge in [-0.2, -0.15) is 0 Å². The number of nitrogens with zero attached hydrogens (tertiary/aromatic N) is 5. The van der Waals surface area contributed by atoms with E-state index >= 15 is 0 Å². The zero-order chi connectivity index (χ0) is 91.8. The van der Waals surface area contributed by atoms with Gasteiger partial charge in [0.1, 0.15) is 5.60 Å². The van der Waals surface area contributed by atoms with E-state index in [4.69, 9.17) is 62.3 Å². The number of amides is 5. The fourth-order valence-corrected chi connectivity index (χ4v) is 13.9. The number of hydrogen-bond donors (Lipinski definition) is 8. The molecule has 16 atom stereocenters. The number of aliphatic carboxylic acids is 1. The molecule has 0 aromatic heterocycles. The largest absolute Gasteiger partial charge is 0.479 e. The van der Waals surface area contributed by atoms with Gasteiger partial charge in [0, 0.05) is 52.0 Å². The molecule has 9 heterocycles. The van der Waals surface area contributed by atoms with E-state index in [2.05, 4.69) is 55.3 Å². The standard InChI is InChI=1S/C16H25NO6.C14H23NO6.C14H21NO6.C13H21NO6.C10H19NO3.C8H15NO.C8H12O6/c1-4-9-22-11-12-7-6-8-17(12)15(19)14(23-10-5-2)13(18)16(20)21-3;2*1-19-14(18)11(16)12-13(17)15-6-4-5-10(15)9-20-7-2-3-8-21-12;1-3-7-20-8-9-5-4-6-14(9)12(17)10(15)11(16)13(18)19-2;1-10(2,3)14-9(13)11-6-4-5-8(11)7-12;1-2-6-10-7-8-4-3-5-9-8;1-8(2)13-4(6(9)10)5(14-8)7(11)12-3/h4-5,12-14,18H,1-2,6-11H2,3H3;10-12,16H,2-9H2,1H3;2-3,10-12,16H,4-9H2,1H3;3,9-11,15-16H,1,4-8H2,2H3;8,12H,4-7H2,1-3H3;2,8-9H,1,3-7H2;4-5H,1-3H3,(H,9,10)/b;;3-2-;;;;/t12-,13+,14-;2*10-,11-,12-;9-,10-,11+;2*8-;4-,5-/m1111111/s1. The van der Waals surface area contributed by atoms with Crippen LogP contribution in [0.4, 0.5) is 4.79 Å². The highest BCUT2D eigenvalue weighted by Crippen LogP contribution is 2.30. The number of likely N-dealkylation sites (tertiary alicyclic amines) is 3. The zero-order valence-electron chi connectivity index (χ0n) is 73.0. The van der Waals surface area contributed by atoms with Crippen LogP contribution in [0.3, 0.4) is 0 Å². The Morgan fingerprint density at radius 1 is 0.528 bits per heavy atom. The number of methoxy groups -OCH3 is 5. The molecule has 8 saturated heterocycles. The van der Waals surface area contributed by atoms with Crippen LogP contribution in [0.1, 0.15) is 125 Å². The van der Waals surface area contributed by atoms with Crippen molar-refractivity contribution in [3.05, 3.63) is 62.8 Å². The molecule has 5 amide bonds. The molecule has 0 spiro atoms. The van der Waals surface area contributed by atoms with Crippen LogP contribution in [-0.2, 0) is 124 Å². The van der Waals surface area contributed by atoms with Crippen LogP contribution in [-0.4, -0.2) is 402 Å². The minimum atomic E-state index is -1.87. The quantitative estimate of drug-likeness (QED) is 0.0230. The summed E-state index contributed by atoms with van der Waals surface area (Å²) in [6.45, 7) is 32.3. The molecule has 702 valence electrons. The lowest BCUT2D eigenvalue weighted by Crippen LogP contribution is -2.51. The van der Waals surface area contributed by atoms with Crippen LogP contribution >= 0.6 is 0 Å². The molecule has 8 fully saturated rings. The Kier molecular flexibility index (Phi) is 52.4. The van der Waals surface area contributed by atoms with Gasteiger partial charge in [0.15, 0.2) is 66.8 Å². The molecular weight excluding hydrogens is 1620 g/mol. The van der Waals surface area contributed by atoms with E-state index in [9.17, 15) is 78.3 Å². The van der Waals surface area contributed by atoms with Crippen molar-refractivity contribution < 1.29 is 164 Å². The van der Waals surface area contributed by atoms with Crippen molar-refractivity contribution in [3.63, 3.8) is 0 Å². The predicted molar refractivity (Wildman–Crippen MR) is 437 cm³/mol. The van der Waals surface area contributed by atoms with E-state index in [1.54, 1.807) is 50.0 Å². The van der Waals surface area contributed by atoms with Crippen molar-refractivity contribution in [2.75, 3.05) is 167 Å². The van der Waals surface area contributed by atoms with Gasteiger partial charge in [0.25, 0.3) is 23.6 Å². The Morgan fingerprint density at radius 3 is 1.48 bits per heavy atom. The molecule has 0 aromatic carbocycles. The summed E-state index contributed by atoms with van der Waals surface area (Å²) in [7, 11) is 5.71. The number of ether oxygens (including phenoxy) is 16. The first-order chi connectivity index (χ1) is 58.6. The first-order valence-corrected chi connectivity index (χ1v) is 41.4. The maximum Gasteiger partial charge on any atom is 0.410 e. The maximum absolute atomic E-state index is 12.7. The molecule has 9 aliphatic heterocycles. The minimum absolute atomic E-state index is 0.00783. The summed E-state index contributed by atoms with van der Waals surface area (Å²) >= 11 is 0. The number of hydrogen-bond acceptors (Lipinski definition) is 34. The number of esters is 5. The number of carboxylic acid groups (broad SMARTS) is 1. The zero-order valence-corrected chi connectivity index (χ0v) is 73.0. The van der Waals surface area contributed by atoms with Gasteiger partial charge in [-0.1, -0.05) is 36.5 Å². The van der Waals surface area contributed by atoms with Gasteiger partial charge in [-0.05, 0) is 131 Å². The summed E-state index contributed by atoms with van der Waals surface area (Å²) in [6, 6.07) is 0.223. The van der Waals surface area contributed by atoms with Crippen molar-refractivity contribution >= 4 is 65.5 Å². The average molecular weight is 1760 g/mol. The second-order valence-corrected chi connectivity index (χ2v) is 30.8. The van der Waals surface area contributed by atoms with E-state index < -0.39 is 126 Å². The second kappa shape index (κ2) is 59.0. The Balaban J connectivity index is 0.000000375. The molecule has 0 aliphatic carbocycles. The first-order valence-electron chi connectivity index (χ1n) is 41.4. The van der Waals surface area contributed by atoms with Crippen molar-refractivity contribution in [2.45, 2.75) is 233 Å². The van der Waals surface area contributed by atoms with E-state index in [0.29, 0.717) is 111 Å². The fraction of sp³-hybridized carbons (Fsp3) is 0.747. The normalized spacial score (nSPS) is 25.4. The van der Waals surface area contributed by atoms with E-state index in [0.717, 1.165) is 112 Å². The predicted octanol–water partition coefficient (Wildman–Crippen LogP) is 0.633. The average Bonchev–Trinajstić information content (AvgIpc) is 1.59. The third kappa shape index (κ3) is 37.6. The van der Waals surface area contributed by atoms with Gasteiger partial charge in [0.2, 0.25) is 0 Å². The molecule has 8 N–H and O–H groups in total. The van der Waals surface area contributed by atoms with Crippen LogP contribution in [0.15, 0.2) is 62.8 Å². The minimum Gasteiger partial charge on any atom is -0.479 e. The number of aliphatic hydroxyl groups excluding tert-OH is 6. The first kappa shape index (κ1) is 109. The summed E-state index contributed by atoms with van der Waals surface area (Å²) in [5.74, 6) is -8.64. The number of rotatable bonds is 28. The topological polar surface area (TPSA) is 505 Å². The molecule has 0 unspecified atom stereocenters. The molecule has 0 radical (unpaired) electrons. The highest BCUT2D eigenvalue weighted by atomic mass is 16.8. The van der Waals surface area contributed by atoms with Crippen molar-refractivity contribution in [2.24, 2.45) is 0 Å². The molecule has 9 rings (SSSR count). The van der Waals surface area contributed by atoms with Crippen LogP contribution in [0.2, 0.25) is 0 Å². The van der Waals surface area contributed by atoms with Crippen LogP contribution in [0.25, 0.3) is 0 Å². The summed E-state index contributed by atoms with van der Waals surface area (Å²) < 4.78 is 80.8. The van der Waals surface area contributed by atoms with Crippen molar-refractivity contribution in [3.8, 4) is 0 Å². The van der Waals surface area contributed by atoms with Gasteiger partial charge in [0.05, 0.1) is 145 Å². The molecule has 0 aromatic rings. The number of fused-ring (bicyclic) bond motifs is 2. The summed E-state index contributed by atoms with van der Waals surface area (Å²) in [6.07, 6.45) is 7.33. The number of aliphatic hydroxyl groups is 6. The number of carbonyl (C=O) groups is 11. The Morgan fingerprint density at radius 2 is 0.992 bits per heavy atom. The third-order valence-electron chi connectivity index (χ3n) is 20.1. The lowest BCUT2D eigenvalue weighted by atomic mass is 10.1. The van der Waals surface area contributed by atoms with Gasteiger partial charge in [-0.15, -0.1) is 26.3 Å². The Hall–Kier alpha value is -8.01. The molecule has 0 bridgehead atoms. The summed E-state index contributed by atoms with van der Waals surface area (Å²) in [5.41, 5.74) is -0.459. The van der Waals surface area contributed by atoms with Crippen molar-refractivity contribution in [1.82, 2.24) is 29.8 Å².